The van der Waals surface area contributed by atoms with E-state index in [-0.39, 0.29) is 5.91 Å². The van der Waals surface area contributed by atoms with Gasteiger partial charge < -0.3 is 9.30 Å². The third-order valence-corrected chi connectivity index (χ3v) is 7.17. The minimum absolute atomic E-state index is 0.210. The van der Waals surface area contributed by atoms with Gasteiger partial charge in [0.15, 0.2) is 0 Å². The number of halogens is 1. The largest absolute Gasteiger partial charge is 0.335 e. The van der Waals surface area contributed by atoms with Crippen molar-refractivity contribution in [2.75, 3.05) is 26.2 Å². The van der Waals surface area contributed by atoms with Crippen LogP contribution in [-0.4, -0.2) is 51.3 Å². The zero-order valence-corrected chi connectivity index (χ0v) is 17.3. The number of fused-ring (bicyclic) bond motifs is 2. The van der Waals surface area contributed by atoms with E-state index in [0.29, 0.717) is 5.02 Å². The molecule has 146 valence electrons. The molecular formula is C21H23ClN4OS. The molecule has 28 heavy (non-hydrogen) atoms. The lowest BCUT2D eigenvalue weighted by molar-refractivity contribution is 0.0632. The number of thiophene rings is 1. The topological polar surface area (TPSA) is 40.9 Å². The first-order valence-corrected chi connectivity index (χ1v) is 11.1. The number of rotatable bonds is 3. The third kappa shape index (κ3) is 3.56. The van der Waals surface area contributed by atoms with E-state index in [0.717, 1.165) is 61.8 Å². The van der Waals surface area contributed by atoms with Crippen LogP contribution in [0.2, 0.25) is 5.02 Å². The van der Waals surface area contributed by atoms with Gasteiger partial charge in [-0.1, -0.05) is 11.6 Å². The Balaban J connectivity index is 1.21. The average molecular weight is 415 g/mol. The number of piperazine rings is 1. The Morgan fingerprint density at radius 2 is 1.93 bits per heavy atom. The van der Waals surface area contributed by atoms with Crippen molar-refractivity contribution >= 4 is 34.5 Å². The summed E-state index contributed by atoms with van der Waals surface area (Å²) in [6.45, 7) is 4.12. The van der Waals surface area contributed by atoms with Crippen LogP contribution in [0.15, 0.2) is 30.6 Å². The number of hydrogen-bond donors (Lipinski definition) is 0. The maximum atomic E-state index is 12.9. The minimum Gasteiger partial charge on any atom is -0.335 e. The summed E-state index contributed by atoms with van der Waals surface area (Å²) in [7, 11) is 0. The van der Waals surface area contributed by atoms with Gasteiger partial charge in [-0.3, -0.25) is 9.69 Å². The number of aryl methyl sites for hydroxylation is 2. The molecule has 0 N–H and O–H groups in total. The van der Waals surface area contributed by atoms with Crippen molar-refractivity contribution in [1.82, 2.24) is 19.2 Å². The van der Waals surface area contributed by atoms with Crippen LogP contribution in [0.5, 0.6) is 0 Å². The molecule has 0 unspecified atom stereocenters. The summed E-state index contributed by atoms with van der Waals surface area (Å²) in [5, 5.41) is 0.707. The summed E-state index contributed by atoms with van der Waals surface area (Å²) in [5.74, 6) is 0.210. The molecule has 1 aliphatic heterocycles. The number of imidazole rings is 1. The predicted octanol–water partition coefficient (Wildman–Crippen LogP) is 3.89. The second kappa shape index (κ2) is 7.50. The normalized spacial score (nSPS) is 17.8. The van der Waals surface area contributed by atoms with Crippen LogP contribution in [-0.2, 0) is 19.4 Å². The molecule has 3 aromatic rings. The predicted molar refractivity (Wildman–Crippen MR) is 112 cm³/mol. The van der Waals surface area contributed by atoms with Crippen molar-refractivity contribution in [3.63, 3.8) is 0 Å². The van der Waals surface area contributed by atoms with Gasteiger partial charge in [0.25, 0.3) is 5.91 Å². The minimum atomic E-state index is 0.210. The molecule has 0 spiro atoms. The first-order chi connectivity index (χ1) is 13.7. The highest BCUT2D eigenvalue weighted by Gasteiger charge is 2.25. The van der Waals surface area contributed by atoms with Crippen molar-refractivity contribution in [3.8, 4) is 0 Å². The van der Waals surface area contributed by atoms with Gasteiger partial charge in [-0.15, -0.1) is 11.3 Å². The van der Waals surface area contributed by atoms with E-state index in [4.69, 9.17) is 11.6 Å². The van der Waals surface area contributed by atoms with E-state index in [1.807, 2.05) is 33.8 Å². The number of nitrogens with zero attached hydrogens (tertiary/aromatic N) is 4. The number of hydrogen-bond acceptors (Lipinski definition) is 4. The zero-order valence-electron chi connectivity index (χ0n) is 15.7. The summed E-state index contributed by atoms with van der Waals surface area (Å²) in [6.07, 6.45) is 8.71. The molecule has 0 bridgehead atoms. The Labute approximate surface area is 173 Å². The molecule has 2 aliphatic rings. The molecule has 0 saturated carbocycles. The molecule has 1 fully saturated rings. The molecule has 3 aromatic heterocycles. The maximum absolute atomic E-state index is 12.9. The van der Waals surface area contributed by atoms with Gasteiger partial charge in [-0.05, 0) is 49.4 Å². The summed E-state index contributed by atoms with van der Waals surface area (Å²) in [6, 6.07) is 5.94. The van der Waals surface area contributed by atoms with Crippen LogP contribution in [0.25, 0.3) is 5.65 Å². The molecule has 0 aromatic carbocycles. The number of aromatic nitrogens is 2. The molecule has 0 atom stereocenters. The molecular weight excluding hydrogens is 392 g/mol. The number of carbonyl (C=O) groups excluding carboxylic acids is 1. The van der Waals surface area contributed by atoms with Crippen LogP contribution < -0.4 is 0 Å². The van der Waals surface area contributed by atoms with E-state index in [1.54, 1.807) is 11.3 Å². The molecule has 1 saturated heterocycles. The van der Waals surface area contributed by atoms with Crippen molar-refractivity contribution < 1.29 is 4.79 Å². The Morgan fingerprint density at radius 3 is 2.75 bits per heavy atom. The first-order valence-electron chi connectivity index (χ1n) is 9.92. The average Bonchev–Trinajstić information content (AvgIpc) is 3.31. The molecule has 5 rings (SSSR count). The van der Waals surface area contributed by atoms with Crippen molar-refractivity contribution in [1.29, 1.82) is 0 Å². The monoisotopic (exact) mass is 414 g/mol. The molecule has 1 amide bonds. The van der Waals surface area contributed by atoms with E-state index in [9.17, 15) is 4.79 Å². The maximum Gasteiger partial charge on any atom is 0.264 e. The molecule has 1 aliphatic carbocycles. The lowest BCUT2D eigenvalue weighted by atomic mass is 9.99. The quantitative estimate of drug-likeness (QED) is 0.652. The summed E-state index contributed by atoms with van der Waals surface area (Å²) in [4.78, 5) is 24.3. The Morgan fingerprint density at radius 1 is 1.11 bits per heavy atom. The number of amides is 1. The molecule has 4 heterocycles. The van der Waals surface area contributed by atoms with E-state index >= 15 is 0 Å². The standard InChI is InChI=1S/C21H23ClN4OS/c22-16-5-6-20-23-17(14-26(20)12-16)13-24-7-9-25(10-8-24)21(27)19-11-15-3-1-2-4-18(15)28-19/h5-6,11-12,14H,1-4,7-10,13H2. The highest BCUT2D eigenvalue weighted by molar-refractivity contribution is 7.14. The highest BCUT2D eigenvalue weighted by Crippen LogP contribution is 2.30. The van der Waals surface area contributed by atoms with Crippen molar-refractivity contribution in [2.24, 2.45) is 0 Å². The van der Waals surface area contributed by atoms with Crippen LogP contribution in [0, 0.1) is 0 Å². The second-order valence-corrected chi connectivity index (χ2v) is 9.25. The van der Waals surface area contributed by atoms with Crippen LogP contribution in [0.4, 0.5) is 0 Å². The summed E-state index contributed by atoms with van der Waals surface area (Å²) < 4.78 is 1.97. The second-order valence-electron chi connectivity index (χ2n) is 7.68. The van der Waals surface area contributed by atoms with Crippen molar-refractivity contribution in [3.05, 3.63) is 56.6 Å². The summed E-state index contributed by atoms with van der Waals surface area (Å²) in [5.41, 5.74) is 3.35. The van der Waals surface area contributed by atoms with Gasteiger partial charge in [-0.2, -0.15) is 0 Å². The number of pyridine rings is 1. The lowest BCUT2D eigenvalue weighted by Gasteiger charge is -2.34. The first kappa shape index (κ1) is 18.2. The fourth-order valence-electron chi connectivity index (χ4n) is 4.18. The van der Waals surface area contributed by atoms with Gasteiger partial charge in [0.1, 0.15) is 5.65 Å². The summed E-state index contributed by atoms with van der Waals surface area (Å²) >= 11 is 7.77. The van der Waals surface area contributed by atoms with Gasteiger partial charge in [0.05, 0.1) is 15.6 Å². The Bertz CT molecular complexity index is 995. The molecule has 0 radical (unpaired) electrons. The lowest BCUT2D eigenvalue weighted by Crippen LogP contribution is -2.48. The highest BCUT2D eigenvalue weighted by atomic mass is 35.5. The van der Waals surface area contributed by atoms with Crippen LogP contribution >= 0.6 is 22.9 Å². The zero-order chi connectivity index (χ0) is 19.1. The fraction of sp³-hybridized carbons (Fsp3) is 0.429. The third-order valence-electron chi connectivity index (χ3n) is 5.72. The SMILES string of the molecule is O=C(c1cc2c(s1)CCCC2)N1CCN(Cc2cn3cc(Cl)ccc3n2)CC1. The fourth-order valence-corrected chi connectivity index (χ4v) is 5.57. The van der Waals surface area contributed by atoms with Gasteiger partial charge in [-0.25, -0.2) is 4.98 Å². The van der Waals surface area contributed by atoms with E-state index in [1.165, 1.54) is 23.3 Å². The van der Waals surface area contributed by atoms with Crippen molar-refractivity contribution in [2.45, 2.75) is 32.2 Å². The van der Waals surface area contributed by atoms with Crippen LogP contribution in [0.1, 0.15) is 38.6 Å². The smallest absolute Gasteiger partial charge is 0.264 e. The van der Waals surface area contributed by atoms with Gasteiger partial charge in [0, 0.05) is 50.0 Å². The molecule has 5 nitrogen and oxygen atoms in total. The molecule has 7 heteroatoms. The van der Waals surface area contributed by atoms with E-state index < -0.39 is 0 Å². The Hall–Kier alpha value is -1.89. The Kier molecular flexibility index (Phi) is 4.87. The van der Waals surface area contributed by atoms with Crippen LogP contribution in [0.3, 0.4) is 0 Å². The van der Waals surface area contributed by atoms with Gasteiger partial charge in [0.2, 0.25) is 0 Å². The number of carbonyl (C=O) groups is 1. The van der Waals surface area contributed by atoms with Gasteiger partial charge >= 0.3 is 0 Å². The van der Waals surface area contributed by atoms with E-state index in [2.05, 4.69) is 16.0 Å².